The van der Waals surface area contributed by atoms with E-state index in [1.54, 1.807) is 23.1 Å². The highest BCUT2D eigenvalue weighted by Gasteiger charge is 2.33. The van der Waals surface area contributed by atoms with Crippen LogP contribution in [0.15, 0.2) is 41.3 Å². The summed E-state index contributed by atoms with van der Waals surface area (Å²) in [6.45, 7) is 0.598. The van der Waals surface area contributed by atoms with Crippen molar-refractivity contribution in [2.75, 3.05) is 63.7 Å². The molecule has 1 saturated heterocycles. The van der Waals surface area contributed by atoms with Gasteiger partial charge in [-0.3, -0.25) is 4.90 Å². The topological polar surface area (TPSA) is 146 Å². The summed E-state index contributed by atoms with van der Waals surface area (Å²) in [5, 5.41) is 30.5. The number of thiophene rings is 1. The van der Waals surface area contributed by atoms with Crippen LogP contribution in [0.2, 0.25) is 0 Å². The first kappa shape index (κ1) is 35.7. The summed E-state index contributed by atoms with van der Waals surface area (Å²) in [7, 11) is -2.51. The zero-order valence-electron chi connectivity index (χ0n) is 24.9. The lowest BCUT2D eigenvalue weighted by Gasteiger charge is -2.36. The summed E-state index contributed by atoms with van der Waals surface area (Å²) in [6.07, 6.45) is -7.58. The number of nitrogens with one attached hydrogen (secondary N) is 2. The molecule has 3 aromatic rings. The molecule has 3 atom stereocenters. The van der Waals surface area contributed by atoms with E-state index in [1.807, 2.05) is 0 Å². The Morgan fingerprint density at radius 1 is 1.22 bits per heavy atom. The monoisotopic (exact) mass is 688 g/mol. The summed E-state index contributed by atoms with van der Waals surface area (Å²) in [5.41, 5.74) is 0.921. The Balaban J connectivity index is 1.56. The number of benzene rings is 2. The second-order valence-corrected chi connectivity index (χ2v) is 13.3. The molecule has 3 unspecified atom stereocenters. The zero-order chi connectivity index (χ0) is 33.5. The van der Waals surface area contributed by atoms with Crippen molar-refractivity contribution in [1.82, 2.24) is 4.90 Å². The highest BCUT2D eigenvalue weighted by atomic mass is 32.2. The minimum atomic E-state index is -4.50. The number of alkyl halides is 4. The largest absolute Gasteiger partial charge is 0.489 e. The number of methoxy groups -OCH3 is 1. The number of hydrogen-bond acceptors (Lipinski definition) is 10. The van der Waals surface area contributed by atoms with Crippen LogP contribution in [-0.4, -0.2) is 101 Å². The maximum Gasteiger partial charge on any atom is 0.393 e. The molecule has 16 heteroatoms. The molecule has 0 saturated carbocycles. The van der Waals surface area contributed by atoms with Gasteiger partial charge in [0, 0.05) is 32.8 Å². The zero-order valence-corrected chi connectivity index (χ0v) is 26.6. The standard InChI is InChI=1S/C30H36F4N4O6S2/c1-43-12-13-44-27-14-20(46(35,41)42)7-8-25(27)36-10-3-6-28-22(15-30(32,33)34)21-4-2-5-26(29(21)45-28)37-24-9-11-38(17-23(24)31)16-19(40)18-39/h2,4-5,7-8,14,19,23-24,36-37,39-40H,9-13,15-18H2,1H3,(H2,35,41,42). The molecule has 252 valence electrons. The summed E-state index contributed by atoms with van der Waals surface area (Å²) >= 11 is 1.08. The number of rotatable bonds is 13. The SMILES string of the molecule is COCCOc1cc(S(N)(=O)=O)ccc1NCC#Cc1sc2c(NC3CCN(CC(O)CO)CC3F)cccc2c1CC(F)(F)F. The Bertz CT molecular complexity index is 1660. The number of nitrogens with two attached hydrogens (primary N) is 1. The van der Waals surface area contributed by atoms with Crippen LogP contribution in [0.25, 0.3) is 10.1 Å². The minimum absolute atomic E-state index is 0.00669. The average molecular weight is 689 g/mol. The van der Waals surface area contributed by atoms with Gasteiger partial charge in [-0.15, -0.1) is 11.3 Å². The molecule has 0 radical (unpaired) electrons. The van der Waals surface area contributed by atoms with Gasteiger partial charge in [-0.1, -0.05) is 24.0 Å². The molecular weight excluding hydrogens is 652 g/mol. The lowest BCUT2D eigenvalue weighted by Crippen LogP contribution is -2.50. The first-order valence-electron chi connectivity index (χ1n) is 14.3. The summed E-state index contributed by atoms with van der Waals surface area (Å²) < 4.78 is 90.8. The molecule has 0 aliphatic carbocycles. The van der Waals surface area contributed by atoms with E-state index in [2.05, 4.69) is 22.5 Å². The number of primary sulfonamides is 1. The molecule has 4 rings (SSSR count). The van der Waals surface area contributed by atoms with E-state index >= 15 is 4.39 Å². The second kappa shape index (κ2) is 15.6. The highest BCUT2D eigenvalue weighted by molar-refractivity contribution is 7.89. The number of nitrogens with zero attached hydrogens (tertiary/aromatic N) is 1. The van der Waals surface area contributed by atoms with Crippen molar-refractivity contribution in [3.8, 4) is 17.6 Å². The highest BCUT2D eigenvalue weighted by Crippen LogP contribution is 2.39. The Morgan fingerprint density at radius 3 is 2.67 bits per heavy atom. The number of fused-ring (bicyclic) bond motifs is 1. The number of sulfonamides is 1. The number of halogens is 4. The van der Waals surface area contributed by atoms with E-state index in [-0.39, 0.29) is 53.9 Å². The van der Waals surface area contributed by atoms with E-state index in [0.717, 1.165) is 11.3 Å². The van der Waals surface area contributed by atoms with Crippen molar-refractivity contribution in [3.63, 3.8) is 0 Å². The molecule has 1 aliphatic heterocycles. The van der Waals surface area contributed by atoms with Crippen molar-refractivity contribution in [3.05, 3.63) is 46.8 Å². The molecule has 0 bridgehead atoms. The first-order chi connectivity index (χ1) is 21.8. The van der Waals surface area contributed by atoms with Crippen LogP contribution >= 0.6 is 11.3 Å². The molecule has 2 aromatic carbocycles. The molecular formula is C30H36F4N4O6S2. The lowest BCUT2D eigenvalue weighted by atomic mass is 10.0. The molecule has 0 amide bonds. The van der Waals surface area contributed by atoms with Crippen molar-refractivity contribution in [2.24, 2.45) is 5.14 Å². The van der Waals surface area contributed by atoms with Crippen LogP contribution < -0.4 is 20.5 Å². The number of ether oxygens (including phenoxy) is 2. The van der Waals surface area contributed by atoms with Crippen molar-refractivity contribution in [2.45, 2.75) is 42.2 Å². The number of piperidine rings is 1. The van der Waals surface area contributed by atoms with Crippen molar-refractivity contribution >= 4 is 42.8 Å². The molecule has 10 nitrogen and oxygen atoms in total. The quantitative estimate of drug-likeness (QED) is 0.104. The van der Waals surface area contributed by atoms with Gasteiger partial charge in [-0.25, -0.2) is 17.9 Å². The molecule has 1 aliphatic rings. The molecule has 2 heterocycles. The summed E-state index contributed by atoms with van der Waals surface area (Å²) in [5.74, 6) is 5.88. The molecule has 1 fully saturated rings. The third-order valence-electron chi connectivity index (χ3n) is 7.24. The van der Waals surface area contributed by atoms with Gasteiger partial charge in [0.25, 0.3) is 0 Å². The van der Waals surface area contributed by atoms with E-state index in [4.69, 9.17) is 19.7 Å². The van der Waals surface area contributed by atoms with E-state index < -0.39 is 47.5 Å². The number of hydrogen-bond donors (Lipinski definition) is 5. The number of β-amino-alcohol motifs (C(OH)–C–C–N with tert-alkyl or cyclic N) is 1. The third-order valence-corrected chi connectivity index (χ3v) is 9.35. The van der Waals surface area contributed by atoms with Gasteiger partial charge in [0.15, 0.2) is 0 Å². The van der Waals surface area contributed by atoms with Crippen LogP contribution in [0.3, 0.4) is 0 Å². The Labute approximate surface area is 268 Å². The van der Waals surface area contributed by atoms with Gasteiger partial charge in [-0.2, -0.15) is 13.2 Å². The number of aliphatic hydroxyl groups excluding tert-OH is 2. The van der Waals surface area contributed by atoms with Gasteiger partial charge >= 0.3 is 6.18 Å². The molecule has 46 heavy (non-hydrogen) atoms. The second-order valence-electron chi connectivity index (χ2n) is 10.7. The van der Waals surface area contributed by atoms with Crippen LogP contribution in [0.1, 0.15) is 16.9 Å². The van der Waals surface area contributed by atoms with Gasteiger partial charge in [-0.05, 0) is 35.6 Å². The lowest BCUT2D eigenvalue weighted by molar-refractivity contribution is -0.126. The van der Waals surface area contributed by atoms with Gasteiger partial charge in [0.1, 0.15) is 18.5 Å². The predicted octanol–water partition coefficient (Wildman–Crippen LogP) is 3.32. The van der Waals surface area contributed by atoms with Gasteiger partial charge < -0.3 is 30.3 Å². The van der Waals surface area contributed by atoms with Crippen molar-refractivity contribution < 1.29 is 45.7 Å². The average Bonchev–Trinajstić information content (AvgIpc) is 3.33. The van der Waals surface area contributed by atoms with Crippen LogP contribution in [-0.2, 0) is 21.2 Å². The Kier molecular flexibility index (Phi) is 12.1. The predicted molar refractivity (Wildman–Crippen MR) is 169 cm³/mol. The van der Waals surface area contributed by atoms with E-state index in [1.165, 1.54) is 25.3 Å². The molecule has 1 aromatic heterocycles. The fourth-order valence-corrected chi connectivity index (χ4v) is 6.76. The minimum Gasteiger partial charge on any atom is -0.489 e. The summed E-state index contributed by atoms with van der Waals surface area (Å²) in [4.78, 5) is 1.78. The molecule has 6 N–H and O–H groups in total. The number of anilines is 2. The summed E-state index contributed by atoms with van der Waals surface area (Å²) in [6, 6.07) is 8.30. The van der Waals surface area contributed by atoms with Crippen LogP contribution in [0.5, 0.6) is 5.75 Å². The van der Waals surface area contributed by atoms with Crippen molar-refractivity contribution in [1.29, 1.82) is 0 Å². The van der Waals surface area contributed by atoms with Gasteiger partial charge in [0.2, 0.25) is 10.0 Å². The maximum atomic E-state index is 15.1. The Morgan fingerprint density at radius 2 is 2.00 bits per heavy atom. The third kappa shape index (κ3) is 9.67. The maximum absolute atomic E-state index is 15.1. The van der Waals surface area contributed by atoms with E-state index in [0.29, 0.717) is 34.4 Å². The van der Waals surface area contributed by atoms with Crippen LogP contribution in [0.4, 0.5) is 28.9 Å². The number of aliphatic hydroxyl groups is 2. The molecule has 0 spiro atoms. The van der Waals surface area contributed by atoms with E-state index in [9.17, 15) is 26.7 Å². The fourth-order valence-electron chi connectivity index (χ4n) is 5.06. The first-order valence-corrected chi connectivity index (χ1v) is 16.7. The van der Waals surface area contributed by atoms with Crippen LogP contribution in [0, 0.1) is 11.8 Å². The normalized spacial score (nSPS) is 18.2. The smallest absolute Gasteiger partial charge is 0.393 e. The fraction of sp³-hybridized carbons (Fsp3) is 0.467. The van der Waals surface area contributed by atoms with Gasteiger partial charge in [0.05, 0.1) is 64.2 Å². The number of likely N-dealkylation sites (tertiary alicyclic amines) is 1. The Hall–Kier alpha value is -3.17.